The lowest BCUT2D eigenvalue weighted by molar-refractivity contribution is 0.517. The fourth-order valence-corrected chi connectivity index (χ4v) is 2.24. The molecule has 0 bridgehead atoms. The molecule has 2 aromatic rings. The third kappa shape index (κ3) is 3.90. The van der Waals surface area contributed by atoms with E-state index in [9.17, 15) is 0 Å². The quantitative estimate of drug-likeness (QED) is 0.850. The van der Waals surface area contributed by atoms with Crippen LogP contribution in [0.25, 0.3) is 0 Å². The second-order valence-corrected chi connectivity index (χ2v) is 4.89. The number of nitrogens with zero attached hydrogens (tertiary/aromatic N) is 1. The maximum Gasteiger partial charge on any atom is 0.0576 e. The third-order valence-corrected chi connectivity index (χ3v) is 3.37. The molecule has 1 N–H and O–H groups in total. The van der Waals surface area contributed by atoms with Gasteiger partial charge in [0.2, 0.25) is 0 Å². The molecule has 100 valence electrons. The number of hydrogen-bond donors (Lipinski definition) is 1. The zero-order valence-corrected chi connectivity index (χ0v) is 11.8. The maximum atomic E-state index is 4.50. The van der Waals surface area contributed by atoms with Crippen molar-refractivity contribution in [1.29, 1.82) is 0 Å². The van der Waals surface area contributed by atoms with Crippen LogP contribution in [0, 0.1) is 6.92 Å². The highest BCUT2D eigenvalue weighted by Gasteiger charge is 2.13. The molecule has 1 aromatic carbocycles. The van der Waals surface area contributed by atoms with Crippen LogP contribution >= 0.6 is 0 Å². The van der Waals surface area contributed by atoms with Crippen molar-refractivity contribution in [2.75, 3.05) is 6.54 Å². The number of pyridine rings is 1. The first kappa shape index (κ1) is 13.8. The van der Waals surface area contributed by atoms with Crippen LogP contribution in [0.2, 0.25) is 0 Å². The molecule has 0 saturated heterocycles. The van der Waals surface area contributed by atoms with Crippen molar-refractivity contribution in [1.82, 2.24) is 10.3 Å². The SMILES string of the molecule is CCCNC(Cc1ccccc1C)c1ccccn1. The van der Waals surface area contributed by atoms with Gasteiger partial charge in [-0.15, -0.1) is 0 Å². The van der Waals surface area contributed by atoms with E-state index in [1.54, 1.807) is 0 Å². The molecule has 2 nitrogen and oxygen atoms in total. The van der Waals surface area contributed by atoms with E-state index >= 15 is 0 Å². The number of benzene rings is 1. The van der Waals surface area contributed by atoms with E-state index in [2.05, 4.69) is 60.5 Å². The van der Waals surface area contributed by atoms with Crippen molar-refractivity contribution in [3.05, 3.63) is 65.5 Å². The second-order valence-electron chi connectivity index (χ2n) is 4.89. The highest BCUT2D eigenvalue weighted by molar-refractivity contribution is 5.27. The Kier molecular flexibility index (Phi) is 5.10. The molecule has 0 saturated carbocycles. The van der Waals surface area contributed by atoms with E-state index in [1.807, 2.05) is 12.3 Å². The largest absolute Gasteiger partial charge is 0.308 e. The molecule has 2 rings (SSSR count). The molecular weight excluding hydrogens is 232 g/mol. The van der Waals surface area contributed by atoms with Gasteiger partial charge >= 0.3 is 0 Å². The van der Waals surface area contributed by atoms with Gasteiger partial charge < -0.3 is 5.32 Å². The Balaban J connectivity index is 2.17. The van der Waals surface area contributed by atoms with Crippen LogP contribution in [-0.2, 0) is 6.42 Å². The fraction of sp³-hybridized carbons (Fsp3) is 0.353. The van der Waals surface area contributed by atoms with Crippen LogP contribution in [-0.4, -0.2) is 11.5 Å². The van der Waals surface area contributed by atoms with Gasteiger partial charge in [0, 0.05) is 6.20 Å². The minimum absolute atomic E-state index is 0.294. The summed E-state index contributed by atoms with van der Waals surface area (Å²) in [6.45, 7) is 5.38. The molecular formula is C17H22N2. The molecule has 1 heterocycles. The summed E-state index contributed by atoms with van der Waals surface area (Å²) in [4.78, 5) is 4.50. The maximum absolute atomic E-state index is 4.50. The van der Waals surface area contributed by atoms with Crippen molar-refractivity contribution < 1.29 is 0 Å². The van der Waals surface area contributed by atoms with Gasteiger partial charge in [-0.2, -0.15) is 0 Å². The van der Waals surface area contributed by atoms with E-state index in [1.165, 1.54) is 11.1 Å². The molecule has 1 aromatic heterocycles. The minimum atomic E-state index is 0.294. The van der Waals surface area contributed by atoms with Crippen LogP contribution in [0.4, 0.5) is 0 Å². The summed E-state index contributed by atoms with van der Waals surface area (Å²) in [5, 5.41) is 3.60. The highest BCUT2D eigenvalue weighted by Crippen LogP contribution is 2.18. The molecule has 0 radical (unpaired) electrons. The Morgan fingerprint density at radius 3 is 2.58 bits per heavy atom. The zero-order chi connectivity index (χ0) is 13.5. The smallest absolute Gasteiger partial charge is 0.0576 e. The summed E-state index contributed by atoms with van der Waals surface area (Å²) >= 11 is 0. The average molecular weight is 254 g/mol. The summed E-state index contributed by atoms with van der Waals surface area (Å²) in [6.07, 6.45) is 3.99. The number of nitrogens with one attached hydrogen (secondary N) is 1. The summed E-state index contributed by atoms with van der Waals surface area (Å²) in [6, 6.07) is 15.0. The Morgan fingerprint density at radius 1 is 1.11 bits per heavy atom. The Hall–Kier alpha value is -1.67. The van der Waals surface area contributed by atoms with Crippen LogP contribution in [0.15, 0.2) is 48.7 Å². The summed E-state index contributed by atoms with van der Waals surface area (Å²) in [7, 11) is 0. The van der Waals surface area contributed by atoms with Gasteiger partial charge in [0.05, 0.1) is 11.7 Å². The lowest BCUT2D eigenvalue weighted by Gasteiger charge is -2.19. The lowest BCUT2D eigenvalue weighted by atomic mass is 9.99. The van der Waals surface area contributed by atoms with Crippen molar-refractivity contribution in [3.8, 4) is 0 Å². The van der Waals surface area contributed by atoms with Gasteiger partial charge in [0.1, 0.15) is 0 Å². The van der Waals surface area contributed by atoms with E-state index in [4.69, 9.17) is 0 Å². The first-order valence-corrected chi connectivity index (χ1v) is 7.00. The first-order valence-electron chi connectivity index (χ1n) is 7.00. The standard InChI is InChI=1S/C17H22N2/c1-3-11-18-17(16-10-6-7-12-19-16)13-15-9-5-4-8-14(15)2/h4-10,12,17-18H,3,11,13H2,1-2H3. The Labute approximate surface area is 115 Å². The number of hydrogen-bond acceptors (Lipinski definition) is 2. The van der Waals surface area contributed by atoms with Crippen LogP contribution in [0.3, 0.4) is 0 Å². The molecule has 0 aliphatic rings. The number of aromatic nitrogens is 1. The molecule has 0 fully saturated rings. The lowest BCUT2D eigenvalue weighted by Crippen LogP contribution is -2.25. The van der Waals surface area contributed by atoms with E-state index in [0.29, 0.717) is 6.04 Å². The number of aryl methyl sites for hydroxylation is 1. The fourth-order valence-electron chi connectivity index (χ4n) is 2.24. The van der Waals surface area contributed by atoms with Crippen molar-refractivity contribution in [2.24, 2.45) is 0 Å². The summed E-state index contributed by atoms with van der Waals surface area (Å²) in [5.74, 6) is 0. The molecule has 0 aliphatic carbocycles. The van der Waals surface area contributed by atoms with Crippen LogP contribution in [0.1, 0.15) is 36.2 Å². The van der Waals surface area contributed by atoms with E-state index in [-0.39, 0.29) is 0 Å². The van der Waals surface area contributed by atoms with Crippen LogP contribution in [0.5, 0.6) is 0 Å². The van der Waals surface area contributed by atoms with Crippen molar-refractivity contribution in [3.63, 3.8) is 0 Å². The zero-order valence-electron chi connectivity index (χ0n) is 11.8. The van der Waals surface area contributed by atoms with Gasteiger partial charge in [-0.3, -0.25) is 4.98 Å². The van der Waals surface area contributed by atoms with Gasteiger partial charge in [0.15, 0.2) is 0 Å². The third-order valence-electron chi connectivity index (χ3n) is 3.37. The predicted molar refractivity (Wildman–Crippen MR) is 80.2 cm³/mol. The predicted octanol–water partition coefficient (Wildman–Crippen LogP) is 3.67. The van der Waals surface area contributed by atoms with Gasteiger partial charge in [-0.05, 0) is 49.6 Å². The topological polar surface area (TPSA) is 24.9 Å². The summed E-state index contributed by atoms with van der Waals surface area (Å²) < 4.78 is 0. The van der Waals surface area contributed by atoms with E-state index in [0.717, 1.165) is 25.1 Å². The molecule has 0 amide bonds. The minimum Gasteiger partial charge on any atom is -0.308 e. The summed E-state index contributed by atoms with van der Waals surface area (Å²) in [5.41, 5.74) is 3.86. The molecule has 1 unspecified atom stereocenters. The van der Waals surface area contributed by atoms with Gasteiger partial charge in [-0.1, -0.05) is 37.3 Å². The molecule has 2 heteroatoms. The second kappa shape index (κ2) is 7.05. The van der Waals surface area contributed by atoms with Crippen molar-refractivity contribution in [2.45, 2.75) is 32.7 Å². The van der Waals surface area contributed by atoms with Gasteiger partial charge in [0.25, 0.3) is 0 Å². The molecule has 0 aliphatic heterocycles. The Morgan fingerprint density at radius 2 is 1.89 bits per heavy atom. The first-order chi connectivity index (χ1) is 9.31. The molecule has 0 spiro atoms. The van der Waals surface area contributed by atoms with E-state index < -0.39 is 0 Å². The molecule has 1 atom stereocenters. The monoisotopic (exact) mass is 254 g/mol. The Bertz CT molecular complexity index is 494. The highest BCUT2D eigenvalue weighted by atomic mass is 14.9. The van der Waals surface area contributed by atoms with Crippen LogP contribution < -0.4 is 5.32 Å². The average Bonchev–Trinajstić information content (AvgIpc) is 2.46. The molecule has 19 heavy (non-hydrogen) atoms. The normalized spacial score (nSPS) is 12.3. The number of rotatable bonds is 6. The van der Waals surface area contributed by atoms with Gasteiger partial charge in [-0.25, -0.2) is 0 Å². The van der Waals surface area contributed by atoms with Crippen molar-refractivity contribution >= 4 is 0 Å².